The Labute approximate surface area is 86.9 Å². The molecule has 0 fully saturated rings. The lowest BCUT2D eigenvalue weighted by Crippen LogP contribution is -2.20. The van der Waals surface area contributed by atoms with Gasteiger partial charge >= 0.3 is 0 Å². The van der Waals surface area contributed by atoms with Crippen molar-refractivity contribution in [1.82, 2.24) is 0 Å². The topological polar surface area (TPSA) is 70.5 Å². The molecule has 0 aromatic heterocycles. The van der Waals surface area contributed by atoms with Gasteiger partial charge in [-0.1, -0.05) is 0 Å². The average molecular weight is 204 g/mol. The SMILES string of the molecule is CC(CCN)OCCC(C)OCCN. The molecule has 2 atom stereocenters. The van der Waals surface area contributed by atoms with Crippen molar-refractivity contribution in [3.8, 4) is 0 Å². The molecule has 0 rings (SSSR count). The fourth-order valence-electron chi connectivity index (χ4n) is 1.11. The molecular formula is C10H24N2O2. The van der Waals surface area contributed by atoms with Gasteiger partial charge in [-0.15, -0.1) is 0 Å². The van der Waals surface area contributed by atoms with Gasteiger partial charge in [-0.3, -0.25) is 0 Å². The van der Waals surface area contributed by atoms with Gasteiger partial charge in [0.15, 0.2) is 0 Å². The molecule has 4 N–H and O–H groups in total. The largest absolute Gasteiger partial charge is 0.378 e. The van der Waals surface area contributed by atoms with Gasteiger partial charge in [0.25, 0.3) is 0 Å². The third-order valence-corrected chi connectivity index (χ3v) is 2.02. The second kappa shape index (κ2) is 9.40. The zero-order valence-corrected chi connectivity index (χ0v) is 9.37. The fraction of sp³-hybridized carbons (Fsp3) is 1.00. The standard InChI is InChI=1S/C10H24N2O2/c1-9(3-5-11)13-7-4-10(2)14-8-6-12/h9-10H,3-8,11-12H2,1-2H3. The van der Waals surface area contributed by atoms with E-state index in [-0.39, 0.29) is 12.2 Å². The zero-order chi connectivity index (χ0) is 10.8. The summed E-state index contributed by atoms with van der Waals surface area (Å²) in [6.45, 7) is 6.69. The fourth-order valence-corrected chi connectivity index (χ4v) is 1.11. The molecule has 4 nitrogen and oxygen atoms in total. The highest BCUT2D eigenvalue weighted by Gasteiger charge is 2.04. The first-order valence-electron chi connectivity index (χ1n) is 5.34. The third kappa shape index (κ3) is 8.44. The van der Waals surface area contributed by atoms with Gasteiger partial charge in [0.2, 0.25) is 0 Å². The Hall–Kier alpha value is -0.160. The van der Waals surface area contributed by atoms with E-state index >= 15 is 0 Å². The minimum Gasteiger partial charge on any atom is -0.378 e. The molecule has 0 saturated heterocycles. The van der Waals surface area contributed by atoms with Gasteiger partial charge < -0.3 is 20.9 Å². The minimum atomic E-state index is 0.226. The van der Waals surface area contributed by atoms with Gasteiger partial charge in [0, 0.05) is 13.2 Å². The first kappa shape index (κ1) is 13.8. The molecule has 0 aromatic carbocycles. The molecule has 0 spiro atoms. The van der Waals surface area contributed by atoms with E-state index in [1.54, 1.807) is 0 Å². The summed E-state index contributed by atoms with van der Waals surface area (Å²) < 4.78 is 10.9. The highest BCUT2D eigenvalue weighted by molar-refractivity contribution is 4.53. The van der Waals surface area contributed by atoms with Crippen molar-refractivity contribution in [2.24, 2.45) is 11.5 Å². The molecule has 0 heterocycles. The van der Waals surface area contributed by atoms with Crippen LogP contribution in [0.15, 0.2) is 0 Å². The molecule has 2 unspecified atom stereocenters. The van der Waals surface area contributed by atoms with Crippen LogP contribution in [-0.2, 0) is 9.47 Å². The van der Waals surface area contributed by atoms with Crippen molar-refractivity contribution < 1.29 is 9.47 Å². The Morgan fingerprint density at radius 3 is 2.00 bits per heavy atom. The first-order valence-corrected chi connectivity index (χ1v) is 5.34. The molecule has 0 aromatic rings. The summed E-state index contributed by atoms with van der Waals surface area (Å²) in [6, 6.07) is 0. The second-order valence-electron chi connectivity index (χ2n) is 3.52. The van der Waals surface area contributed by atoms with Crippen molar-refractivity contribution in [3.05, 3.63) is 0 Å². The molecule has 0 bridgehead atoms. The van der Waals surface area contributed by atoms with Crippen molar-refractivity contribution in [2.45, 2.75) is 38.9 Å². The minimum absolute atomic E-state index is 0.226. The number of hydrogen-bond acceptors (Lipinski definition) is 4. The molecule has 0 amide bonds. The van der Waals surface area contributed by atoms with Crippen LogP contribution >= 0.6 is 0 Å². The van der Waals surface area contributed by atoms with E-state index in [1.165, 1.54) is 0 Å². The lowest BCUT2D eigenvalue weighted by molar-refractivity contribution is 0.0118. The molecule has 14 heavy (non-hydrogen) atoms. The summed E-state index contributed by atoms with van der Waals surface area (Å²) in [6.07, 6.45) is 2.30. The monoisotopic (exact) mass is 204 g/mol. The quantitative estimate of drug-likeness (QED) is 0.573. The van der Waals surface area contributed by atoms with Crippen LogP contribution in [0.1, 0.15) is 26.7 Å². The number of rotatable bonds is 9. The average Bonchev–Trinajstić information content (AvgIpc) is 2.15. The van der Waals surface area contributed by atoms with Crippen LogP contribution in [-0.4, -0.2) is 38.5 Å². The Morgan fingerprint density at radius 2 is 1.43 bits per heavy atom. The predicted octanol–water partition coefficient (Wildman–Crippen LogP) is 0.494. The number of ether oxygens (including phenoxy) is 2. The Bertz CT molecular complexity index is 123. The molecule has 0 aliphatic carbocycles. The lowest BCUT2D eigenvalue weighted by Gasteiger charge is -2.15. The van der Waals surface area contributed by atoms with Crippen molar-refractivity contribution in [3.63, 3.8) is 0 Å². The molecule has 0 aliphatic rings. The van der Waals surface area contributed by atoms with Crippen LogP contribution in [0.2, 0.25) is 0 Å². The van der Waals surface area contributed by atoms with E-state index in [9.17, 15) is 0 Å². The first-order chi connectivity index (χ1) is 6.70. The van der Waals surface area contributed by atoms with E-state index in [1.807, 2.05) is 13.8 Å². The van der Waals surface area contributed by atoms with Crippen molar-refractivity contribution in [2.75, 3.05) is 26.3 Å². The van der Waals surface area contributed by atoms with Gasteiger partial charge in [0.1, 0.15) is 0 Å². The van der Waals surface area contributed by atoms with E-state index in [0.717, 1.165) is 19.4 Å². The van der Waals surface area contributed by atoms with Crippen molar-refractivity contribution in [1.29, 1.82) is 0 Å². The van der Waals surface area contributed by atoms with E-state index in [2.05, 4.69) is 0 Å². The van der Waals surface area contributed by atoms with E-state index in [0.29, 0.717) is 19.7 Å². The maximum atomic E-state index is 5.54. The smallest absolute Gasteiger partial charge is 0.0592 e. The van der Waals surface area contributed by atoms with Gasteiger partial charge in [0.05, 0.1) is 18.8 Å². The van der Waals surface area contributed by atoms with Gasteiger partial charge in [-0.05, 0) is 33.2 Å². The van der Waals surface area contributed by atoms with Crippen LogP contribution in [0.4, 0.5) is 0 Å². The summed E-state index contributed by atoms with van der Waals surface area (Å²) in [5.74, 6) is 0. The predicted molar refractivity (Wildman–Crippen MR) is 58.2 cm³/mol. The highest BCUT2D eigenvalue weighted by Crippen LogP contribution is 2.01. The summed E-state index contributed by atoms with van der Waals surface area (Å²) in [4.78, 5) is 0. The second-order valence-corrected chi connectivity index (χ2v) is 3.52. The summed E-state index contributed by atoms with van der Waals surface area (Å²) in [7, 11) is 0. The maximum absolute atomic E-state index is 5.54. The summed E-state index contributed by atoms with van der Waals surface area (Å²) in [5, 5.41) is 0. The van der Waals surface area contributed by atoms with E-state index in [4.69, 9.17) is 20.9 Å². The van der Waals surface area contributed by atoms with Gasteiger partial charge in [-0.2, -0.15) is 0 Å². The molecule has 0 aliphatic heterocycles. The zero-order valence-electron chi connectivity index (χ0n) is 9.37. The lowest BCUT2D eigenvalue weighted by atomic mass is 10.2. The molecule has 0 saturated carbocycles. The van der Waals surface area contributed by atoms with E-state index < -0.39 is 0 Å². The highest BCUT2D eigenvalue weighted by atomic mass is 16.5. The molecule has 0 radical (unpaired) electrons. The number of nitrogens with two attached hydrogens (primary N) is 2. The van der Waals surface area contributed by atoms with Crippen LogP contribution in [0, 0.1) is 0 Å². The normalized spacial score (nSPS) is 15.4. The molecular weight excluding hydrogens is 180 g/mol. The van der Waals surface area contributed by atoms with Crippen LogP contribution in [0.5, 0.6) is 0 Å². The Balaban J connectivity index is 3.25. The maximum Gasteiger partial charge on any atom is 0.0592 e. The van der Waals surface area contributed by atoms with Crippen LogP contribution in [0.25, 0.3) is 0 Å². The van der Waals surface area contributed by atoms with Crippen molar-refractivity contribution >= 4 is 0 Å². The molecule has 86 valence electrons. The van der Waals surface area contributed by atoms with Crippen LogP contribution in [0.3, 0.4) is 0 Å². The molecule has 4 heteroatoms. The summed E-state index contributed by atoms with van der Waals surface area (Å²) >= 11 is 0. The van der Waals surface area contributed by atoms with Gasteiger partial charge in [-0.25, -0.2) is 0 Å². The third-order valence-electron chi connectivity index (χ3n) is 2.02. The summed E-state index contributed by atoms with van der Waals surface area (Å²) in [5.41, 5.74) is 10.7. The number of hydrogen-bond donors (Lipinski definition) is 2. The van der Waals surface area contributed by atoms with Crippen LogP contribution < -0.4 is 11.5 Å². The Kier molecular flexibility index (Phi) is 9.29. The Morgan fingerprint density at radius 1 is 0.857 bits per heavy atom.